The molecule has 1 aromatic heterocycles. The number of rotatable bonds is 3. The smallest absolute Gasteiger partial charge is 0.160 e. The van der Waals surface area contributed by atoms with Gasteiger partial charge in [-0.2, -0.15) is 4.57 Å². The van der Waals surface area contributed by atoms with E-state index in [1.165, 1.54) is 38.8 Å². The molecule has 1 heterocycles. The monoisotopic (exact) mass is 290 g/mol. The lowest BCUT2D eigenvalue weighted by atomic mass is 9.98. The first-order valence-electron chi connectivity index (χ1n) is 8.17. The molecule has 0 bridgehead atoms. The fraction of sp³-hybridized carbons (Fsp3) is 0.286. The summed E-state index contributed by atoms with van der Waals surface area (Å²) in [5.41, 5.74) is 8.09. The van der Waals surface area contributed by atoms with E-state index in [0.29, 0.717) is 0 Å². The SMILES string of the molecule is CCc1c[n+](-c2ccc(C)cc2)c2ccc(C)cc2c1CC. The van der Waals surface area contributed by atoms with Gasteiger partial charge in [-0.15, -0.1) is 0 Å². The second-order valence-electron chi connectivity index (χ2n) is 6.07. The molecule has 112 valence electrons. The Morgan fingerprint density at radius 1 is 0.818 bits per heavy atom. The maximum atomic E-state index is 2.34. The average Bonchev–Trinajstić information content (AvgIpc) is 2.53. The third-order valence-corrected chi connectivity index (χ3v) is 4.46. The number of hydrogen-bond acceptors (Lipinski definition) is 0. The molecule has 0 aliphatic rings. The number of pyridine rings is 1. The summed E-state index contributed by atoms with van der Waals surface area (Å²) in [6, 6.07) is 15.6. The van der Waals surface area contributed by atoms with Crippen LogP contribution < -0.4 is 4.57 Å². The van der Waals surface area contributed by atoms with Gasteiger partial charge in [0, 0.05) is 23.8 Å². The Balaban J connectivity index is 2.37. The topological polar surface area (TPSA) is 3.88 Å². The number of aryl methyl sites for hydroxylation is 4. The van der Waals surface area contributed by atoms with E-state index >= 15 is 0 Å². The van der Waals surface area contributed by atoms with Gasteiger partial charge in [-0.25, -0.2) is 0 Å². The molecular weight excluding hydrogens is 266 g/mol. The number of nitrogens with zero attached hydrogens (tertiary/aromatic N) is 1. The van der Waals surface area contributed by atoms with Crippen LogP contribution in [0.5, 0.6) is 0 Å². The van der Waals surface area contributed by atoms with E-state index in [9.17, 15) is 0 Å². The molecule has 1 heteroatoms. The number of fused-ring (bicyclic) bond motifs is 1. The van der Waals surface area contributed by atoms with Crippen LogP contribution in [-0.4, -0.2) is 0 Å². The zero-order chi connectivity index (χ0) is 15.7. The molecule has 0 atom stereocenters. The molecule has 0 unspecified atom stereocenters. The largest absolute Gasteiger partial charge is 0.218 e. The van der Waals surface area contributed by atoms with E-state index in [1.807, 2.05) is 0 Å². The Bertz CT molecular complexity index is 813. The molecule has 0 aliphatic heterocycles. The Kier molecular flexibility index (Phi) is 3.98. The standard InChI is InChI=1S/C21H24N/c1-5-17-14-22(18-10-7-15(3)8-11-18)21-12-9-16(4)13-20(21)19(17)6-2/h7-14H,5-6H2,1-4H3/q+1. The molecule has 3 rings (SSSR count). The minimum atomic E-state index is 1.07. The molecule has 0 saturated heterocycles. The molecular formula is C21H24N+. The van der Waals surface area contributed by atoms with E-state index in [2.05, 4.69) is 80.9 Å². The molecule has 3 aromatic rings. The predicted octanol–water partition coefficient (Wildman–Crippen LogP) is 4.86. The highest BCUT2D eigenvalue weighted by atomic mass is 15.0. The van der Waals surface area contributed by atoms with Crippen LogP contribution in [0.2, 0.25) is 0 Å². The van der Waals surface area contributed by atoms with Crippen molar-refractivity contribution in [3.8, 4) is 5.69 Å². The van der Waals surface area contributed by atoms with Gasteiger partial charge in [0.25, 0.3) is 0 Å². The van der Waals surface area contributed by atoms with Gasteiger partial charge in [-0.1, -0.05) is 43.2 Å². The van der Waals surface area contributed by atoms with E-state index in [4.69, 9.17) is 0 Å². The molecule has 22 heavy (non-hydrogen) atoms. The van der Waals surface area contributed by atoms with Crippen molar-refractivity contribution >= 4 is 10.9 Å². The summed E-state index contributed by atoms with van der Waals surface area (Å²) in [6.45, 7) is 8.81. The van der Waals surface area contributed by atoms with Crippen molar-refractivity contribution in [1.29, 1.82) is 0 Å². The highest BCUT2D eigenvalue weighted by Gasteiger charge is 2.18. The second-order valence-corrected chi connectivity index (χ2v) is 6.07. The summed E-state index contributed by atoms with van der Waals surface area (Å²) in [4.78, 5) is 0. The van der Waals surface area contributed by atoms with Crippen molar-refractivity contribution in [2.75, 3.05) is 0 Å². The average molecular weight is 290 g/mol. The maximum absolute atomic E-state index is 2.34. The van der Waals surface area contributed by atoms with Gasteiger partial charge in [0.05, 0.1) is 5.39 Å². The molecule has 0 amide bonds. The van der Waals surface area contributed by atoms with Crippen molar-refractivity contribution in [1.82, 2.24) is 0 Å². The number of benzene rings is 2. The van der Waals surface area contributed by atoms with Crippen molar-refractivity contribution in [3.05, 3.63) is 70.9 Å². The highest BCUT2D eigenvalue weighted by molar-refractivity contribution is 5.81. The van der Waals surface area contributed by atoms with E-state index < -0.39 is 0 Å². The van der Waals surface area contributed by atoms with E-state index in [0.717, 1.165) is 12.8 Å². The summed E-state index contributed by atoms with van der Waals surface area (Å²) >= 11 is 0. The van der Waals surface area contributed by atoms with Crippen LogP contribution >= 0.6 is 0 Å². The molecule has 1 nitrogen and oxygen atoms in total. The van der Waals surface area contributed by atoms with Crippen molar-refractivity contribution in [3.63, 3.8) is 0 Å². The lowest BCUT2D eigenvalue weighted by Crippen LogP contribution is -2.32. The molecule has 0 spiro atoms. The number of hydrogen-bond donors (Lipinski definition) is 0. The zero-order valence-corrected chi connectivity index (χ0v) is 14.0. The summed E-state index contributed by atoms with van der Waals surface area (Å²) in [7, 11) is 0. The summed E-state index contributed by atoms with van der Waals surface area (Å²) < 4.78 is 2.34. The minimum absolute atomic E-state index is 1.07. The molecule has 0 N–H and O–H groups in total. The minimum Gasteiger partial charge on any atom is -0.160 e. The normalized spacial score (nSPS) is 11.1. The quantitative estimate of drug-likeness (QED) is 0.607. The van der Waals surface area contributed by atoms with Gasteiger partial charge in [0.2, 0.25) is 11.2 Å². The first-order valence-corrected chi connectivity index (χ1v) is 8.17. The predicted molar refractivity (Wildman–Crippen MR) is 93.7 cm³/mol. The Hall–Kier alpha value is -2.15. The van der Waals surface area contributed by atoms with Crippen LogP contribution in [0.3, 0.4) is 0 Å². The van der Waals surface area contributed by atoms with Gasteiger partial charge in [-0.05, 0) is 38.3 Å². The van der Waals surface area contributed by atoms with E-state index in [1.54, 1.807) is 0 Å². The lowest BCUT2D eigenvalue weighted by molar-refractivity contribution is -0.567. The molecule has 0 fully saturated rings. The van der Waals surface area contributed by atoms with Crippen molar-refractivity contribution in [2.45, 2.75) is 40.5 Å². The van der Waals surface area contributed by atoms with E-state index in [-0.39, 0.29) is 0 Å². The third-order valence-electron chi connectivity index (χ3n) is 4.46. The Morgan fingerprint density at radius 2 is 1.50 bits per heavy atom. The van der Waals surface area contributed by atoms with Crippen LogP contribution in [0.25, 0.3) is 16.6 Å². The third kappa shape index (κ3) is 2.52. The lowest BCUT2D eigenvalue weighted by Gasteiger charge is -2.11. The fourth-order valence-corrected chi connectivity index (χ4v) is 3.22. The van der Waals surface area contributed by atoms with Gasteiger partial charge >= 0.3 is 0 Å². The summed E-state index contributed by atoms with van der Waals surface area (Å²) in [5.74, 6) is 0. The van der Waals surface area contributed by atoms with Crippen LogP contribution in [0.15, 0.2) is 48.7 Å². The maximum Gasteiger partial charge on any atom is 0.218 e. The molecule has 0 radical (unpaired) electrons. The highest BCUT2D eigenvalue weighted by Crippen LogP contribution is 2.23. The van der Waals surface area contributed by atoms with Crippen molar-refractivity contribution in [2.24, 2.45) is 0 Å². The van der Waals surface area contributed by atoms with Gasteiger partial charge in [0.15, 0.2) is 6.20 Å². The summed E-state index contributed by atoms with van der Waals surface area (Å²) in [6.07, 6.45) is 4.47. The summed E-state index contributed by atoms with van der Waals surface area (Å²) in [5, 5.41) is 1.39. The molecule has 2 aromatic carbocycles. The fourth-order valence-electron chi connectivity index (χ4n) is 3.22. The van der Waals surface area contributed by atoms with Crippen LogP contribution in [0, 0.1) is 13.8 Å². The Morgan fingerprint density at radius 3 is 2.14 bits per heavy atom. The zero-order valence-electron chi connectivity index (χ0n) is 14.0. The van der Waals surface area contributed by atoms with Gasteiger partial charge in [-0.3, -0.25) is 0 Å². The van der Waals surface area contributed by atoms with Gasteiger partial charge in [0.1, 0.15) is 0 Å². The molecule has 0 aliphatic carbocycles. The first kappa shape index (κ1) is 14.8. The first-order chi connectivity index (χ1) is 10.6. The van der Waals surface area contributed by atoms with Crippen molar-refractivity contribution < 1.29 is 4.57 Å². The number of aromatic nitrogens is 1. The van der Waals surface area contributed by atoms with Crippen LogP contribution in [-0.2, 0) is 12.8 Å². The van der Waals surface area contributed by atoms with Crippen LogP contribution in [0.1, 0.15) is 36.1 Å². The van der Waals surface area contributed by atoms with Crippen LogP contribution in [0.4, 0.5) is 0 Å². The molecule has 0 saturated carbocycles. The Labute approximate surface area is 133 Å². The second kappa shape index (κ2) is 5.92. The van der Waals surface area contributed by atoms with Gasteiger partial charge < -0.3 is 0 Å².